The Kier molecular flexibility index (Phi) is 4.47. The summed E-state index contributed by atoms with van der Waals surface area (Å²) in [5.41, 5.74) is -1.49. The summed E-state index contributed by atoms with van der Waals surface area (Å²) < 4.78 is 33.8. The van der Waals surface area contributed by atoms with Crippen molar-refractivity contribution < 1.29 is 31.4 Å². The predicted octanol–water partition coefficient (Wildman–Crippen LogP) is 0.359. The van der Waals surface area contributed by atoms with Gasteiger partial charge < -0.3 is 22.3 Å². The van der Waals surface area contributed by atoms with Crippen LogP contribution in [0.25, 0.3) is 0 Å². The van der Waals surface area contributed by atoms with Crippen LogP contribution in [0.2, 0.25) is 0 Å². The maximum absolute atomic E-state index is 11.9. The molecule has 2 N–H and O–H groups in total. The van der Waals surface area contributed by atoms with E-state index < -0.39 is 31.9 Å². The van der Waals surface area contributed by atoms with E-state index in [0.29, 0.717) is 0 Å². The number of aromatic nitrogens is 1. The molecule has 0 aliphatic carbocycles. The fourth-order valence-corrected chi connectivity index (χ4v) is 3.90. The average molecular weight is 445 g/mol. The molecular formula is C11H13INO8P. The lowest BCUT2D eigenvalue weighted by Gasteiger charge is -2.30. The summed E-state index contributed by atoms with van der Waals surface area (Å²) in [5.74, 6) is 0. The first-order valence-corrected chi connectivity index (χ1v) is 8.71. The van der Waals surface area contributed by atoms with E-state index in [1.54, 1.807) is 35.1 Å². The molecule has 0 spiro atoms. The van der Waals surface area contributed by atoms with Crippen LogP contribution in [0.15, 0.2) is 29.2 Å². The van der Waals surface area contributed by atoms with E-state index in [-0.39, 0.29) is 18.8 Å². The summed E-state index contributed by atoms with van der Waals surface area (Å²) in [5, 5.41) is 0. The number of hydrogen-bond donors (Lipinski definition) is 2. The number of pyridine rings is 1. The Balaban J connectivity index is 1.96. The number of phosphoric acid groups is 1. The van der Waals surface area contributed by atoms with E-state index in [9.17, 15) is 9.36 Å². The summed E-state index contributed by atoms with van der Waals surface area (Å²) in [6, 6.07) is 4.59. The van der Waals surface area contributed by atoms with Gasteiger partial charge in [-0.3, -0.25) is 13.9 Å². The molecule has 122 valence electrons. The van der Waals surface area contributed by atoms with E-state index >= 15 is 0 Å². The summed E-state index contributed by atoms with van der Waals surface area (Å²) in [7, 11) is -4.75. The summed E-state index contributed by atoms with van der Waals surface area (Å²) in [6.45, 7) is 0.0657. The third-order valence-electron chi connectivity index (χ3n) is 3.65. The molecule has 9 nitrogen and oxygen atoms in total. The lowest BCUT2D eigenvalue weighted by molar-refractivity contribution is -0.181. The Labute approximate surface area is 139 Å². The van der Waals surface area contributed by atoms with Gasteiger partial charge in [0.2, 0.25) is 0 Å². The van der Waals surface area contributed by atoms with Crippen molar-refractivity contribution in [2.75, 3.05) is 13.2 Å². The lowest BCUT2D eigenvalue weighted by Crippen LogP contribution is -2.45. The maximum atomic E-state index is 11.9. The van der Waals surface area contributed by atoms with Crippen LogP contribution in [-0.2, 0) is 21.6 Å². The van der Waals surface area contributed by atoms with Gasteiger partial charge >= 0.3 is 7.82 Å². The minimum Gasteiger partial charge on any atom is -0.367 e. The standard InChI is InChI=1S/C11H13INO8P/c12-19-6-11-5-18-8(9(11)21-22(15,16)17)10(20-11)13-4-2-1-3-7(13)14/h1-4,8-10H,5-6H2,(H2,15,16,17)/t8?,9?,10?,11-/m1/s1. The van der Waals surface area contributed by atoms with Gasteiger partial charge in [-0.15, -0.1) is 0 Å². The number of ether oxygens (including phenoxy) is 2. The van der Waals surface area contributed by atoms with Gasteiger partial charge in [0, 0.05) is 12.3 Å². The Morgan fingerprint density at radius 1 is 1.50 bits per heavy atom. The molecule has 1 aromatic heterocycles. The van der Waals surface area contributed by atoms with E-state index in [1.165, 1.54) is 16.8 Å². The highest BCUT2D eigenvalue weighted by molar-refractivity contribution is 14.1. The quantitative estimate of drug-likeness (QED) is 0.493. The number of phosphoric ester groups is 1. The fraction of sp³-hybridized carbons (Fsp3) is 0.545. The van der Waals surface area contributed by atoms with Gasteiger partial charge in [0.1, 0.15) is 40.8 Å². The van der Waals surface area contributed by atoms with Gasteiger partial charge in [-0.1, -0.05) is 6.07 Å². The van der Waals surface area contributed by atoms with E-state index in [4.69, 9.17) is 26.9 Å². The second-order valence-corrected chi connectivity index (χ2v) is 6.88. The van der Waals surface area contributed by atoms with Crippen molar-refractivity contribution in [2.24, 2.45) is 0 Å². The number of hydrogen-bond acceptors (Lipinski definition) is 6. The maximum Gasteiger partial charge on any atom is 0.470 e. The minimum absolute atomic E-state index is 0.00676. The fourth-order valence-electron chi connectivity index (χ4n) is 2.77. The van der Waals surface area contributed by atoms with Crippen molar-refractivity contribution in [1.82, 2.24) is 4.57 Å². The summed E-state index contributed by atoms with van der Waals surface area (Å²) >= 11 is 1.65. The molecule has 4 atom stereocenters. The highest BCUT2D eigenvalue weighted by Gasteiger charge is 2.64. The highest BCUT2D eigenvalue weighted by Crippen LogP contribution is 2.52. The molecule has 22 heavy (non-hydrogen) atoms. The zero-order chi connectivity index (χ0) is 16.0. The molecule has 3 rings (SSSR count). The third kappa shape index (κ3) is 2.89. The van der Waals surface area contributed by atoms with Gasteiger partial charge in [0.25, 0.3) is 5.56 Å². The molecular weight excluding hydrogens is 432 g/mol. The number of fused-ring (bicyclic) bond motifs is 2. The third-order valence-corrected chi connectivity index (χ3v) is 4.46. The smallest absolute Gasteiger partial charge is 0.367 e. The molecule has 2 fully saturated rings. The molecule has 0 saturated carbocycles. The molecule has 1 aromatic rings. The topological polar surface area (TPSA) is 116 Å². The highest BCUT2D eigenvalue weighted by atomic mass is 127. The second kappa shape index (κ2) is 5.95. The number of halogens is 1. The molecule has 0 amide bonds. The SMILES string of the molecule is O=c1ccccn1C1O[C@@]2(COI)COC1C2OP(=O)(O)O. The molecule has 0 aromatic carbocycles. The van der Waals surface area contributed by atoms with Crippen LogP contribution in [0, 0.1) is 0 Å². The van der Waals surface area contributed by atoms with E-state index in [1.807, 2.05) is 0 Å². The van der Waals surface area contributed by atoms with Gasteiger partial charge in [-0.2, -0.15) is 0 Å². The number of nitrogens with zero attached hydrogens (tertiary/aromatic N) is 1. The van der Waals surface area contributed by atoms with Crippen molar-refractivity contribution in [3.05, 3.63) is 34.7 Å². The molecule has 2 bridgehead atoms. The molecule has 3 heterocycles. The zero-order valence-corrected chi connectivity index (χ0v) is 14.1. The van der Waals surface area contributed by atoms with Crippen LogP contribution in [0.5, 0.6) is 0 Å². The first-order valence-electron chi connectivity index (χ1n) is 6.30. The van der Waals surface area contributed by atoms with Gasteiger partial charge in [0.15, 0.2) is 6.23 Å². The Morgan fingerprint density at radius 3 is 2.91 bits per heavy atom. The Hall–Kier alpha value is -0.330. The van der Waals surface area contributed by atoms with Crippen molar-refractivity contribution in [2.45, 2.75) is 24.0 Å². The van der Waals surface area contributed by atoms with Gasteiger partial charge in [-0.25, -0.2) is 4.57 Å². The summed E-state index contributed by atoms with van der Waals surface area (Å²) in [6.07, 6.45) is -1.19. The van der Waals surface area contributed by atoms with Gasteiger partial charge in [0.05, 0.1) is 13.2 Å². The zero-order valence-electron chi connectivity index (χ0n) is 11.1. The van der Waals surface area contributed by atoms with Crippen LogP contribution >= 0.6 is 30.8 Å². The lowest BCUT2D eigenvalue weighted by atomic mass is 10.0. The largest absolute Gasteiger partial charge is 0.470 e. The van der Waals surface area contributed by atoms with E-state index in [2.05, 4.69) is 0 Å². The molecule has 0 radical (unpaired) electrons. The van der Waals surface area contributed by atoms with Gasteiger partial charge in [-0.05, 0) is 6.07 Å². The Bertz CT molecular complexity index is 661. The average Bonchev–Trinajstić information content (AvgIpc) is 2.89. The summed E-state index contributed by atoms with van der Waals surface area (Å²) in [4.78, 5) is 30.1. The molecule has 2 aliphatic rings. The van der Waals surface area contributed by atoms with Crippen molar-refractivity contribution in [3.63, 3.8) is 0 Å². The van der Waals surface area contributed by atoms with Crippen LogP contribution in [-0.4, -0.2) is 45.4 Å². The van der Waals surface area contributed by atoms with Crippen LogP contribution in [0.3, 0.4) is 0 Å². The molecule has 11 heteroatoms. The monoisotopic (exact) mass is 445 g/mol. The first kappa shape index (κ1) is 16.5. The minimum atomic E-state index is -4.75. The van der Waals surface area contributed by atoms with Crippen LogP contribution < -0.4 is 5.56 Å². The molecule has 2 saturated heterocycles. The Morgan fingerprint density at radius 2 is 2.27 bits per heavy atom. The van der Waals surface area contributed by atoms with Crippen molar-refractivity contribution >= 4 is 30.8 Å². The van der Waals surface area contributed by atoms with Crippen LogP contribution in [0.1, 0.15) is 6.23 Å². The first-order chi connectivity index (χ1) is 10.4. The second-order valence-electron chi connectivity index (χ2n) is 5.06. The van der Waals surface area contributed by atoms with Crippen molar-refractivity contribution in [1.29, 1.82) is 0 Å². The number of rotatable bonds is 5. The predicted molar refractivity (Wildman–Crippen MR) is 80.2 cm³/mol. The normalized spacial score (nSPS) is 34.2. The molecule has 2 aliphatic heterocycles. The molecule has 3 unspecified atom stereocenters. The van der Waals surface area contributed by atoms with E-state index in [0.717, 1.165) is 0 Å². The van der Waals surface area contributed by atoms with Crippen molar-refractivity contribution in [3.8, 4) is 0 Å². The van der Waals surface area contributed by atoms with Crippen LogP contribution in [0.4, 0.5) is 0 Å².